The van der Waals surface area contributed by atoms with Crippen molar-refractivity contribution in [1.29, 1.82) is 0 Å². The number of hydrogen-bond acceptors (Lipinski definition) is 4. The van der Waals surface area contributed by atoms with Crippen LogP contribution in [0.1, 0.15) is 22.8 Å². The van der Waals surface area contributed by atoms with E-state index >= 15 is 0 Å². The Balaban J connectivity index is 1.57. The number of carbonyl (C=O) groups excluding carboxylic acids is 2. The van der Waals surface area contributed by atoms with E-state index < -0.39 is 0 Å². The molecule has 0 saturated carbocycles. The van der Waals surface area contributed by atoms with Crippen LogP contribution in [0.2, 0.25) is 0 Å². The first-order valence-electron chi connectivity index (χ1n) is 8.68. The second-order valence-corrected chi connectivity index (χ2v) is 5.87. The van der Waals surface area contributed by atoms with Gasteiger partial charge in [0.1, 0.15) is 0 Å². The summed E-state index contributed by atoms with van der Waals surface area (Å²) in [6.45, 7) is 2.89. The van der Waals surface area contributed by atoms with Crippen LogP contribution in [-0.2, 0) is 6.54 Å². The third-order valence-electron chi connectivity index (χ3n) is 3.93. The molecular formula is C20H21N5O2. The van der Waals surface area contributed by atoms with Crippen molar-refractivity contribution in [3.63, 3.8) is 0 Å². The summed E-state index contributed by atoms with van der Waals surface area (Å²) >= 11 is 0. The number of carbonyl (C=O) groups is 2. The Bertz CT molecular complexity index is 935. The average molecular weight is 363 g/mol. The molecule has 0 bridgehead atoms. The van der Waals surface area contributed by atoms with E-state index in [2.05, 4.69) is 26.5 Å². The van der Waals surface area contributed by atoms with E-state index in [-0.39, 0.29) is 11.9 Å². The Morgan fingerprint density at radius 3 is 2.56 bits per heavy atom. The molecule has 0 aliphatic heterocycles. The Labute approximate surface area is 157 Å². The van der Waals surface area contributed by atoms with Crippen LogP contribution >= 0.6 is 0 Å². The fraction of sp³-hybridized carbons (Fsp3) is 0.150. The molecular weight excluding hydrogens is 342 g/mol. The lowest BCUT2D eigenvalue weighted by atomic mass is 10.1. The van der Waals surface area contributed by atoms with Gasteiger partial charge >= 0.3 is 6.03 Å². The van der Waals surface area contributed by atoms with E-state index in [1.807, 2.05) is 37.3 Å². The van der Waals surface area contributed by atoms with Crippen LogP contribution in [0.3, 0.4) is 0 Å². The molecule has 4 N–H and O–H groups in total. The minimum atomic E-state index is -0.317. The second-order valence-electron chi connectivity index (χ2n) is 5.87. The highest BCUT2D eigenvalue weighted by molar-refractivity contribution is 5.99. The number of nitrogens with one attached hydrogen (secondary N) is 4. The third-order valence-corrected chi connectivity index (χ3v) is 3.93. The van der Waals surface area contributed by atoms with Crippen molar-refractivity contribution in [2.45, 2.75) is 13.5 Å². The van der Waals surface area contributed by atoms with Crippen molar-refractivity contribution in [2.75, 3.05) is 11.9 Å². The van der Waals surface area contributed by atoms with Gasteiger partial charge in [-0.2, -0.15) is 0 Å². The monoisotopic (exact) mass is 363 g/mol. The molecule has 0 spiro atoms. The van der Waals surface area contributed by atoms with E-state index in [1.165, 1.54) is 0 Å². The lowest BCUT2D eigenvalue weighted by Crippen LogP contribution is -2.37. The molecule has 138 valence electrons. The zero-order chi connectivity index (χ0) is 19.1. The predicted molar refractivity (Wildman–Crippen MR) is 105 cm³/mol. The zero-order valence-electron chi connectivity index (χ0n) is 15.0. The molecule has 1 aromatic heterocycles. The number of benzene rings is 2. The van der Waals surface area contributed by atoms with Gasteiger partial charge in [0.2, 0.25) is 0 Å². The van der Waals surface area contributed by atoms with Crippen molar-refractivity contribution in [3.05, 3.63) is 71.9 Å². The number of rotatable bonds is 6. The second kappa shape index (κ2) is 8.77. The molecule has 3 rings (SSSR count). The van der Waals surface area contributed by atoms with E-state index in [1.54, 1.807) is 30.5 Å². The number of amides is 3. The molecule has 7 nitrogen and oxygen atoms in total. The maximum atomic E-state index is 12.2. The van der Waals surface area contributed by atoms with E-state index in [9.17, 15) is 9.59 Å². The van der Waals surface area contributed by atoms with Gasteiger partial charge in [-0.05, 0) is 29.8 Å². The van der Waals surface area contributed by atoms with Crippen LogP contribution in [0.25, 0.3) is 10.9 Å². The molecule has 0 aliphatic rings. The molecule has 0 fully saturated rings. The van der Waals surface area contributed by atoms with Gasteiger partial charge in [0.05, 0.1) is 11.2 Å². The highest BCUT2D eigenvalue weighted by atomic mass is 16.2. The van der Waals surface area contributed by atoms with Crippen LogP contribution in [0, 0.1) is 0 Å². The van der Waals surface area contributed by atoms with Gasteiger partial charge in [0, 0.05) is 30.2 Å². The Morgan fingerprint density at radius 1 is 1.00 bits per heavy atom. The van der Waals surface area contributed by atoms with Crippen LogP contribution in [0.15, 0.2) is 60.8 Å². The van der Waals surface area contributed by atoms with Crippen molar-refractivity contribution < 1.29 is 9.59 Å². The molecule has 3 amide bonds. The van der Waals surface area contributed by atoms with Crippen LogP contribution in [0.5, 0.6) is 0 Å². The number of nitrogens with zero attached hydrogens (tertiary/aromatic N) is 1. The summed E-state index contributed by atoms with van der Waals surface area (Å²) < 4.78 is 0. The van der Waals surface area contributed by atoms with Crippen molar-refractivity contribution in [1.82, 2.24) is 21.2 Å². The maximum absolute atomic E-state index is 12.2. The predicted octanol–water partition coefficient (Wildman–Crippen LogP) is 2.81. The van der Waals surface area contributed by atoms with E-state index in [4.69, 9.17) is 0 Å². The molecule has 0 radical (unpaired) electrons. The zero-order valence-corrected chi connectivity index (χ0v) is 15.0. The Kier molecular flexibility index (Phi) is 5.96. The number of aromatic nitrogens is 1. The highest BCUT2D eigenvalue weighted by Crippen LogP contribution is 2.20. The number of fused-ring (bicyclic) bond motifs is 1. The number of hydrogen-bond donors (Lipinski definition) is 4. The van der Waals surface area contributed by atoms with Crippen molar-refractivity contribution in [3.8, 4) is 0 Å². The lowest BCUT2D eigenvalue weighted by Gasteiger charge is -2.10. The van der Waals surface area contributed by atoms with Crippen LogP contribution in [-0.4, -0.2) is 23.5 Å². The molecule has 0 unspecified atom stereocenters. The molecule has 0 atom stereocenters. The van der Waals surface area contributed by atoms with Crippen LogP contribution < -0.4 is 21.5 Å². The molecule has 0 aliphatic carbocycles. The van der Waals surface area contributed by atoms with Gasteiger partial charge in [-0.3, -0.25) is 15.2 Å². The number of urea groups is 1. The Morgan fingerprint density at radius 2 is 1.78 bits per heavy atom. The first kappa shape index (κ1) is 18.3. The average Bonchev–Trinajstić information content (AvgIpc) is 2.71. The summed E-state index contributed by atoms with van der Waals surface area (Å²) in [5.41, 5.74) is 8.19. The molecule has 7 heteroatoms. The van der Waals surface area contributed by atoms with E-state index in [0.717, 1.165) is 16.5 Å². The van der Waals surface area contributed by atoms with Crippen molar-refractivity contribution >= 4 is 28.5 Å². The third kappa shape index (κ3) is 4.80. The maximum Gasteiger partial charge on any atom is 0.319 e. The minimum Gasteiger partial charge on any atom is -0.334 e. The van der Waals surface area contributed by atoms with Crippen molar-refractivity contribution in [2.24, 2.45) is 0 Å². The van der Waals surface area contributed by atoms with Gasteiger partial charge in [0.25, 0.3) is 5.91 Å². The largest absolute Gasteiger partial charge is 0.334 e. The summed E-state index contributed by atoms with van der Waals surface area (Å²) in [7, 11) is 0. The molecule has 0 saturated heterocycles. The normalized spacial score (nSPS) is 10.4. The number of hydrazine groups is 1. The highest BCUT2D eigenvalue weighted by Gasteiger charge is 2.07. The van der Waals surface area contributed by atoms with Gasteiger partial charge in [0.15, 0.2) is 0 Å². The fourth-order valence-electron chi connectivity index (χ4n) is 2.57. The molecule has 1 heterocycles. The standard InChI is InChI=1S/C20H21N5O2/c1-2-23-25-19(26)16-10-8-14(9-11-16)13-22-20(27)24-17-7-3-5-15-6-4-12-21-18(15)17/h3-12,23H,2,13H2,1H3,(H,25,26)(H2,22,24,27). The minimum absolute atomic E-state index is 0.197. The molecule has 27 heavy (non-hydrogen) atoms. The van der Waals surface area contributed by atoms with E-state index in [0.29, 0.717) is 24.3 Å². The smallest absolute Gasteiger partial charge is 0.319 e. The summed E-state index contributed by atoms with van der Waals surface area (Å²) in [5, 5.41) is 6.59. The fourth-order valence-corrected chi connectivity index (χ4v) is 2.57. The summed E-state index contributed by atoms with van der Waals surface area (Å²) in [5.74, 6) is -0.197. The van der Waals surface area contributed by atoms with Gasteiger partial charge < -0.3 is 10.6 Å². The first-order chi connectivity index (χ1) is 13.2. The topological polar surface area (TPSA) is 95.1 Å². The van der Waals surface area contributed by atoms with Gasteiger partial charge in [-0.15, -0.1) is 0 Å². The summed E-state index contributed by atoms with van der Waals surface area (Å²) in [6, 6.07) is 16.2. The lowest BCUT2D eigenvalue weighted by molar-refractivity contribution is 0.0934. The SMILES string of the molecule is CCNNC(=O)c1ccc(CNC(=O)Nc2cccc3cccnc23)cc1. The van der Waals surface area contributed by atoms with Gasteiger partial charge in [-0.1, -0.05) is 37.3 Å². The Hall–Kier alpha value is -3.45. The van der Waals surface area contributed by atoms with Gasteiger partial charge in [-0.25, -0.2) is 10.2 Å². The number of anilines is 1. The van der Waals surface area contributed by atoms with Crippen LogP contribution in [0.4, 0.5) is 10.5 Å². The molecule has 3 aromatic rings. The summed E-state index contributed by atoms with van der Waals surface area (Å²) in [6.07, 6.45) is 1.69. The molecule has 2 aromatic carbocycles. The quantitative estimate of drug-likeness (QED) is 0.507. The first-order valence-corrected chi connectivity index (χ1v) is 8.68. The number of para-hydroxylation sites is 1. The number of pyridine rings is 1. The summed E-state index contributed by atoms with van der Waals surface area (Å²) in [4.78, 5) is 28.3.